The first-order valence-corrected chi connectivity index (χ1v) is 15.1. The van der Waals surface area contributed by atoms with Crippen molar-refractivity contribution in [3.63, 3.8) is 0 Å². The van der Waals surface area contributed by atoms with E-state index >= 15 is 0 Å². The third kappa shape index (κ3) is 5.20. The number of carbonyl (C=O) groups is 1. The Kier molecular flexibility index (Phi) is 8.02. The Bertz CT molecular complexity index is 1600. The van der Waals surface area contributed by atoms with E-state index in [1.54, 1.807) is 6.92 Å². The summed E-state index contributed by atoms with van der Waals surface area (Å²) in [4.78, 5) is 12.7. The molecule has 0 bridgehead atoms. The zero-order valence-corrected chi connectivity index (χ0v) is 25.8. The highest BCUT2D eigenvalue weighted by Gasteiger charge is 2.64. The fourth-order valence-corrected chi connectivity index (χ4v) is 6.75. The quantitative estimate of drug-likeness (QED) is 0.232. The Morgan fingerprint density at radius 2 is 1.49 bits per heavy atom. The molecule has 9 heteroatoms. The zero-order chi connectivity index (χ0) is 31.8. The lowest BCUT2D eigenvalue weighted by molar-refractivity contribution is -0.210. The van der Waals surface area contributed by atoms with Gasteiger partial charge in [0, 0.05) is 11.8 Å². The van der Waals surface area contributed by atoms with E-state index in [1.165, 1.54) is 6.20 Å². The zero-order valence-electron chi connectivity index (χ0n) is 25.8. The van der Waals surface area contributed by atoms with Gasteiger partial charge in [-0.3, -0.25) is 0 Å². The molecule has 6 rings (SSSR count). The molecule has 4 atom stereocenters. The van der Waals surface area contributed by atoms with Crippen LogP contribution >= 0.6 is 0 Å². The van der Waals surface area contributed by atoms with Crippen LogP contribution < -0.4 is 5.73 Å². The standard InChI is InChI=1S/C36H37N3O6/c1-5-41-33(40)39-22-27(30(38)28(39)21-37)31-35(4)32(44-34(2,3)45-35)29(43-31)23-42-36(24-15-9-6-10-16-24,25-17-11-7-12-18-25)26-19-13-8-14-20-26/h6-20,22,29,31-32H,5,23,38H2,1-4H3/t29-,31+,32-,35+/m1/s1. The third-order valence-electron chi connectivity index (χ3n) is 8.54. The number of nitriles is 1. The van der Waals surface area contributed by atoms with Crippen molar-refractivity contribution in [2.75, 3.05) is 18.9 Å². The van der Waals surface area contributed by atoms with Crippen molar-refractivity contribution in [3.05, 3.63) is 125 Å². The SMILES string of the molecule is CCOC(=O)n1cc([C@@H]2O[C@H](COC(c3ccccc3)(c3ccccc3)c3ccccc3)[C@H]3OC(C)(C)O[C@]32C)c(N)c1C#N. The monoisotopic (exact) mass is 607 g/mol. The maximum absolute atomic E-state index is 12.7. The maximum atomic E-state index is 12.7. The van der Waals surface area contributed by atoms with Crippen LogP contribution in [0.25, 0.3) is 0 Å². The number of aromatic nitrogens is 1. The van der Waals surface area contributed by atoms with E-state index < -0.39 is 41.4 Å². The predicted octanol–water partition coefficient (Wildman–Crippen LogP) is 6.31. The third-order valence-corrected chi connectivity index (χ3v) is 8.54. The molecule has 3 aromatic carbocycles. The number of benzene rings is 3. The van der Waals surface area contributed by atoms with Crippen LogP contribution in [0.1, 0.15) is 61.7 Å². The van der Waals surface area contributed by atoms with Gasteiger partial charge in [-0.1, -0.05) is 91.0 Å². The Morgan fingerprint density at radius 3 is 1.98 bits per heavy atom. The van der Waals surface area contributed by atoms with Gasteiger partial charge < -0.3 is 29.4 Å². The fraction of sp³-hybridized carbons (Fsp3) is 0.333. The average molecular weight is 608 g/mol. The lowest BCUT2D eigenvalue weighted by atomic mass is 9.80. The van der Waals surface area contributed by atoms with Crippen molar-refractivity contribution in [2.45, 2.75) is 63.0 Å². The van der Waals surface area contributed by atoms with Gasteiger partial charge in [0.05, 0.1) is 18.9 Å². The lowest BCUT2D eigenvalue weighted by Gasteiger charge is -2.37. The summed E-state index contributed by atoms with van der Waals surface area (Å²) < 4.78 is 33.1. The molecule has 2 N–H and O–H groups in total. The largest absolute Gasteiger partial charge is 0.449 e. The van der Waals surface area contributed by atoms with E-state index in [9.17, 15) is 10.1 Å². The molecule has 9 nitrogen and oxygen atoms in total. The number of hydrogen-bond acceptors (Lipinski definition) is 8. The number of anilines is 1. The summed E-state index contributed by atoms with van der Waals surface area (Å²) in [5, 5.41) is 9.88. The molecular weight excluding hydrogens is 570 g/mol. The van der Waals surface area contributed by atoms with Gasteiger partial charge in [-0.25, -0.2) is 9.36 Å². The number of carbonyl (C=O) groups excluding carboxylic acids is 1. The van der Waals surface area contributed by atoms with Crippen LogP contribution in [0.5, 0.6) is 0 Å². The Balaban J connectivity index is 1.42. The topological polar surface area (TPSA) is 118 Å². The van der Waals surface area contributed by atoms with Gasteiger partial charge in [-0.05, 0) is 44.4 Å². The van der Waals surface area contributed by atoms with Crippen LogP contribution in [0.15, 0.2) is 97.2 Å². The summed E-state index contributed by atoms with van der Waals surface area (Å²) >= 11 is 0. The minimum Gasteiger partial charge on any atom is -0.449 e. The number of rotatable bonds is 8. The Hall–Kier alpha value is -4.46. The highest BCUT2D eigenvalue weighted by atomic mass is 16.8. The fourth-order valence-electron chi connectivity index (χ4n) is 6.75. The second-order valence-electron chi connectivity index (χ2n) is 11.9. The molecule has 232 valence electrons. The van der Waals surface area contributed by atoms with Gasteiger partial charge in [0.25, 0.3) is 0 Å². The Labute approximate surface area is 263 Å². The summed E-state index contributed by atoms with van der Waals surface area (Å²) in [6.45, 7) is 7.57. The number of nitrogens with two attached hydrogens (primary N) is 1. The summed E-state index contributed by atoms with van der Waals surface area (Å²) in [7, 11) is 0. The van der Waals surface area contributed by atoms with Gasteiger partial charge in [0.2, 0.25) is 0 Å². The van der Waals surface area contributed by atoms with Crippen molar-refractivity contribution < 1.29 is 28.5 Å². The summed E-state index contributed by atoms with van der Waals surface area (Å²) in [5.41, 5.74) is 7.91. The summed E-state index contributed by atoms with van der Waals surface area (Å²) in [5.74, 6) is -0.939. The van der Waals surface area contributed by atoms with Crippen LogP contribution in [-0.2, 0) is 29.3 Å². The van der Waals surface area contributed by atoms with Crippen molar-refractivity contribution >= 4 is 11.8 Å². The molecule has 3 heterocycles. The molecule has 0 aliphatic carbocycles. The number of nitrogen functional groups attached to an aromatic ring is 1. The molecule has 2 fully saturated rings. The molecule has 2 aliphatic rings. The van der Waals surface area contributed by atoms with Crippen LogP contribution in [0, 0.1) is 11.3 Å². The summed E-state index contributed by atoms with van der Waals surface area (Å²) in [6.07, 6.45) is -1.14. The first-order chi connectivity index (χ1) is 21.6. The van der Waals surface area contributed by atoms with E-state index in [0.717, 1.165) is 21.3 Å². The predicted molar refractivity (Wildman–Crippen MR) is 167 cm³/mol. The highest BCUT2D eigenvalue weighted by molar-refractivity contribution is 5.77. The van der Waals surface area contributed by atoms with Gasteiger partial charge in [-0.15, -0.1) is 0 Å². The van der Waals surface area contributed by atoms with Crippen molar-refractivity contribution in [3.8, 4) is 6.07 Å². The summed E-state index contributed by atoms with van der Waals surface area (Å²) in [6, 6.07) is 32.3. The minimum atomic E-state index is -1.02. The molecule has 2 aliphatic heterocycles. The lowest BCUT2D eigenvalue weighted by Crippen LogP contribution is -2.42. The molecule has 4 aromatic rings. The van der Waals surface area contributed by atoms with Crippen molar-refractivity contribution in [2.24, 2.45) is 0 Å². The number of hydrogen-bond donors (Lipinski definition) is 1. The highest BCUT2D eigenvalue weighted by Crippen LogP contribution is 2.54. The first-order valence-electron chi connectivity index (χ1n) is 15.1. The molecule has 0 amide bonds. The van der Waals surface area contributed by atoms with Gasteiger partial charge in [-0.2, -0.15) is 5.26 Å². The van der Waals surface area contributed by atoms with Crippen molar-refractivity contribution in [1.82, 2.24) is 4.57 Å². The van der Waals surface area contributed by atoms with E-state index in [2.05, 4.69) is 36.4 Å². The van der Waals surface area contributed by atoms with Gasteiger partial charge >= 0.3 is 6.09 Å². The molecule has 0 radical (unpaired) electrons. The van der Waals surface area contributed by atoms with E-state index in [1.807, 2.05) is 81.4 Å². The smallest absolute Gasteiger partial charge is 0.419 e. The second kappa shape index (κ2) is 11.8. The normalized spacial score (nSPS) is 23.8. The first kappa shape index (κ1) is 30.6. The Morgan fingerprint density at radius 1 is 0.956 bits per heavy atom. The van der Waals surface area contributed by atoms with E-state index in [4.69, 9.17) is 29.4 Å². The molecular formula is C36H37N3O6. The van der Waals surface area contributed by atoms with E-state index in [0.29, 0.717) is 5.56 Å². The van der Waals surface area contributed by atoms with Crippen LogP contribution in [0.2, 0.25) is 0 Å². The molecule has 0 saturated carbocycles. The minimum absolute atomic E-state index is 0.0266. The van der Waals surface area contributed by atoms with Gasteiger partial charge in [0.1, 0.15) is 35.6 Å². The van der Waals surface area contributed by atoms with Crippen LogP contribution in [-0.4, -0.2) is 47.5 Å². The molecule has 1 aromatic heterocycles. The van der Waals surface area contributed by atoms with Crippen LogP contribution in [0.3, 0.4) is 0 Å². The average Bonchev–Trinajstić information content (AvgIpc) is 3.61. The second-order valence-corrected chi connectivity index (χ2v) is 11.9. The molecule has 0 unspecified atom stereocenters. The maximum Gasteiger partial charge on any atom is 0.419 e. The molecule has 0 spiro atoms. The number of ether oxygens (including phenoxy) is 5. The van der Waals surface area contributed by atoms with Crippen LogP contribution in [0.4, 0.5) is 10.5 Å². The molecule has 2 saturated heterocycles. The van der Waals surface area contributed by atoms with Gasteiger partial charge in [0.15, 0.2) is 11.5 Å². The number of fused-ring (bicyclic) bond motifs is 1. The number of nitrogens with zero attached hydrogens (tertiary/aromatic N) is 2. The molecule has 45 heavy (non-hydrogen) atoms. The van der Waals surface area contributed by atoms with Crippen molar-refractivity contribution in [1.29, 1.82) is 5.26 Å². The van der Waals surface area contributed by atoms with E-state index in [-0.39, 0.29) is 24.6 Å².